The average molecular weight is 464 g/mol. The van der Waals surface area contributed by atoms with Gasteiger partial charge in [-0.3, -0.25) is 0 Å². The normalized spacial score (nSPS) is 11.3. The summed E-state index contributed by atoms with van der Waals surface area (Å²) in [5.41, 5.74) is 1.04. The van der Waals surface area contributed by atoms with Crippen molar-refractivity contribution < 1.29 is 9.15 Å². The maximum absolute atomic E-state index is 5.34. The minimum Gasteiger partial charge on any atom is -0.469 e. The minimum atomic E-state index is 0. The maximum atomic E-state index is 5.34. The van der Waals surface area contributed by atoms with Crippen molar-refractivity contribution in [3.63, 3.8) is 0 Å². The molecule has 0 aromatic carbocycles. The smallest absolute Gasteiger partial charge is 0.191 e. The fourth-order valence-corrected chi connectivity index (χ4v) is 2.10. The minimum absolute atomic E-state index is 0. The lowest BCUT2D eigenvalue weighted by Crippen LogP contribution is -2.42. The highest BCUT2D eigenvalue weighted by atomic mass is 127. The summed E-state index contributed by atoms with van der Waals surface area (Å²) in [4.78, 5) is 6.82. The van der Waals surface area contributed by atoms with E-state index in [0.29, 0.717) is 6.54 Å². The number of aliphatic imine (C=N–C) groups is 1. The molecule has 0 atom stereocenters. The van der Waals surface area contributed by atoms with E-state index >= 15 is 0 Å². The van der Waals surface area contributed by atoms with Gasteiger partial charge in [0.25, 0.3) is 0 Å². The van der Waals surface area contributed by atoms with Crippen LogP contribution in [-0.4, -0.2) is 64.3 Å². The maximum Gasteiger partial charge on any atom is 0.191 e. The Morgan fingerprint density at radius 3 is 2.72 bits per heavy atom. The summed E-state index contributed by atoms with van der Waals surface area (Å²) in [6, 6.07) is 3.89. The van der Waals surface area contributed by atoms with Crippen LogP contribution in [0.25, 0.3) is 0 Å². The number of rotatable bonds is 12. The second kappa shape index (κ2) is 15.2. The summed E-state index contributed by atoms with van der Waals surface area (Å²) in [6.07, 6.45) is 3.58. The van der Waals surface area contributed by atoms with Gasteiger partial charge in [0, 0.05) is 46.3 Å². The Labute approximate surface area is 169 Å². The van der Waals surface area contributed by atoms with Crippen molar-refractivity contribution in [3.8, 4) is 0 Å². The Hall–Kier alpha value is -1.06. The lowest BCUT2D eigenvalue weighted by atomic mass is 10.3. The first-order valence-corrected chi connectivity index (χ1v) is 8.48. The summed E-state index contributed by atoms with van der Waals surface area (Å²) >= 11 is 0. The van der Waals surface area contributed by atoms with Crippen molar-refractivity contribution in [2.24, 2.45) is 4.99 Å². The zero-order valence-corrected chi connectivity index (χ0v) is 18.0. The molecule has 0 aliphatic carbocycles. The molecule has 1 aromatic heterocycles. The molecule has 0 unspecified atom stereocenters. The Morgan fingerprint density at radius 2 is 2.08 bits per heavy atom. The number of ether oxygens (including phenoxy) is 1. The molecular weight excluding hydrogens is 431 g/mol. The summed E-state index contributed by atoms with van der Waals surface area (Å²) in [5, 5.41) is 6.71. The standard InChI is InChI=1S/C18H32N4O2.HI/c1-16(2)15-21-18(19-9-8-17-7-5-14-24-17)20-10-12-22(3)11-6-13-23-4;/h5,7,14H,1,6,8-13,15H2,2-4H3,(H2,19,20,21);1H. The highest BCUT2D eigenvalue weighted by Crippen LogP contribution is 1.99. The summed E-state index contributed by atoms with van der Waals surface area (Å²) in [7, 11) is 3.85. The fourth-order valence-electron chi connectivity index (χ4n) is 2.10. The van der Waals surface area contributed by atoms with Crippen molar-refractivity contribution in [3.05, 3.63) is 36.3 Å². The van der Waals surface area contributed by atoms with Gasteiger partial charge < -0.3 is 24.7 Å². The summed E-state index contributed by atoms with van der Waals surface area (Å²) in [6.45, 7) is 10.9. The fraction of sp³-hybridized carbons (Fsp3) is 0.611. The van der Waals surface area contributed by atoms with Crippen molar-refractivity contribution in [1.29, 1.82) is 0 Å². The first-order valence-electron chi connectivity index (χ1n) is 8.48. The molecular formula is C18H33IN4O2. The van der Waals surface area contributed by atoms with Gasteiger partial charge in [-0.25, -0.2) is 4.99 Å². The SMILES string of the molecule is C=C(C)CN=C(NCCc1ccco1)NCCN(C)CCCOC.I. The van der Waals surface area contributed by atoms with Gasteiger partial charge in [0.2, 0.25) is 0 Å². The largest absolute Gasteiger partial charge is 0.469 e. The number of halogens is 1. The predicted molar refractivity (Wildman–Crippen MR) is 115 cm³/mol. The number of furan rings is 1. The van der Waals surface area contributed by atoms with Crippen molar-refractivity contribution in [2.45, 2.75) is 19.8 Å². The van der Waals surface area contributed by atoms with Crippen LogP contribution in [0.3, 0.4) is 0 Å². The molecule has 2 N–H and O–H groups in total. The van der Waals surface area contributed by atoms with Crippen LogP contribution < -0.4 is 10.6 Å². The second-order valence-electron chi connectivity index (χ2n) is 5.95. The second-order valence-corrected chi connectivity index (χ2v) is 5.95. The molecule has 0 aliphatic rings. The molecule has 0 aliphatic heterocycles. The number of methoxy groups -OCH3 is 1. The van der Waals surface area contributed by atoms with Crippen LogP contribution in [0.15, 0.2) is 40.0 Å². The van der Waals surface area contributed by atoms with E-state index in [9.17, 15) is 0 Å². The topological polar surface area (TPSA) is 62.0 Å². The molecule has 1 heterocycles. The van der Waals surface area contributed by atoms with E-state index in [1.807, 2.05) is 19.1 Å². The van der Waals surface area contributed by atoms with Gasteiger partial charge in [0.1, 0.15) is 5.76 Å². The molecule has 6 nitrogen and oxygen atoms in total. The quantitative estimate of drug-likeness (QED) is 0.164. The number of hydrogen-bond acceptors (Lipinski definition) is 4. The van der Waals surface area contributed by atoms with E-state index in [1.165, 1.54) is 0 Å². The highest BCUT2D eigenvalue weighted by Gasteiger charge is 2.02. The van der Waals surface area contributed by atoms with Crippen LogP contribution in [0, 0.1) is 0 Å². The monoisotopic (exact) mass is 464 g/mol. The first-order chi connectivity index (χ1) is 11.6. The van der Waals surface area contributed by atoms with Gasteiger partial charge in [-0.1, -0.05) is 12.2 Å². The molecule has 0 saturated heterocycles. The van der Waals surface area contributed by atoms with Gasteiger partial charge in [-0.05, 0) is 32.5 Å². The van der Waals surface area contributed by atoms with Crippen LogP contribution >= 0.6 is 24.0 Å². The molecule has 0 fully saturated rings. The zero-order chi connectivity index (χ0) is 17.6. The number of nitrogens with one attached hydrogen (secondary N) is 2. The molecule has 144 valence electrons. The van der Waals surface area contributed by atoms with Crippen LogP contribution in [0.2, 0.25) is 0 Å². The van der Waals surface area contributed by atoms with E-state index in [1.54, 1.807) is 13.4 Å². The Balaban J connectivity index is 0.00000576. The Bertz CT molecular complexity index is 477. The molecule has 25 heavy (non-hydrogen) atoms. The number of guanidine groups is 1. The average Bonchev–Trinajstić information content (AvgIpc) is 3.05. The van der Waals surface area contributed by atoms with E-state index in [-0.39, 0.29) is 24.0 Å². The first kappa shape index (κ1) is 23.9. The summed E-state index contributed by atoms with van der Waals surface area (Å²) in [5.74, 6) is 1.79. The molecule has 0 amide bonds. The molecule has 0 bridgehead atoms. The van der Waals surface area contributed by atoms with E-state index in [2.05, 4.69) is 34.2 Å². The number of nitrogens with zero attached hydrogens (tertiary/aromatic N) is 2. The van der Waals surface area contributed by atoms with Crippen LogP contribution in [0.4, 0.5) is 0 Å². The number of hydrogen-bond donors (Lipinski definition) is 2. The summed E-state index contributed by atoms with van der Waals surface area (Å²) < 4.78 is 10.4. The lowest BCUT2D eigenvalue weighted by molar-refractivity contribution is 0.180. The third-order valence-electron chi connectivity index (χ3n) is 3.43. The van der Waals surface area contributed by atoms with Gasteiger partial charge in [0.05, 0.1) is 12.8 Å². The molecule has 1 rings (SSSR count). The van der Waals surface area contributed by atoms with Gasteiger partial charge in [0.15, 0.2) is 5.96 Å². The Kier molecular flexibility index (Phi) is 14.6. The van der Waals surface area contributed by atoms with Gasteiger partial charge >= 0.3 is 0 Å². The zero-order valence-electron chi connectivity index (χ0n) is 15.7. The molecule has 0 spiro atoms. The Morgan fingerprint density at radius 1 is 1.32 bits per heavy atom. The van der Waals surface area contributed by atoms with Crippen molar-refractivity contribution in [2.75, 3.05) is 53.5 Å². The van der Waals surface area contributed by atoms with E-state index < -0.39 is 0 Å². The third-order valence-corrected chi connectivity index (χ3v) is 3.43. The van der Waals surface area contributed by atoms with Crippen LogP contribution in [0.1, 0.15) is 19.1 Å². The lowest BCUT2D eigenvalue weighted by Gasteiger charge is -2.18. The number of likely N-dealkylation sites (N-methyl/N-ethyl adjacent to an activating group) is 1. The van der Waals surface area contributed by atoms with Crippen LogP contribution in [-0.2, 0) is 11.2 Å². The van der Waals surface area contributed by atoms with Crippen molar-refractivity contribution >= 4 is 29.9 Å². The van der Waals surface area contributed by atoms with E-state index in [4.69, 9.17) is 9.15 Å². The van der Waals surface area contributed by atoms with Crippen molar-refractivity contribution in [1.82, 2.24) is 15.5 Å². The van der Waals surface area contributed by atoms with E-state index in [0.717, 1.165) is 62.9 Å². The molecule has 0 radical (unpaired) electrons. The molecule has 1 aromatic rings. The molecule has 7 heteroatoms. The van der Waals surface area contributed by atoms with Crippen LogP contribution in [0.5, 0.6) is 0 Å². The third kappa shape index (κ3) is 12.9. The van der Waals surface area contributed by atoms with Gasteiger partial charge in [-0.2, -0.15) is 0 Å². The van der Waals surface area contributed by atoms with Gasteiger partial charge in [-0.15, -0.1) is 24.0 Å². The molecule has 0 saturated carbocycles. The predicted octanol–water partition coefficient (Wildman–Crippen LogP) is 2.52. The highest BCUT2D eigenvalue weighted by molar-refractivity contribution is 14.0.